The molecule has 90 valence electrons. The third kappa shape index (κ3) is 5.71. The van der Waals surface area contributed by atoms with Gasteiger partial charge in [-0.25, -0.2) is 0 Å². The average Bonchev–Trinajstić information content (AvgIpc) is 2.25. The second-order valence-corrected chi connectivity index (χ2v) is 4.05. The van der Waals surface area contributed by atoms with Gasteiger partial charge in [-0.2, -0.15) is 0 Å². The molecule has 0 amide bonds. The molecule has 0 aliphatic carbocycles. The van der Waals surface area contributed by atoms with Crippen LogP contribution in [0.4, 0.5) is 0 Å². The zero-order valence-corrected chi connectivity index (χ0v) is 9.27. The van der Waals surface area contributed by atoms with E-state index >= 15 is 0 Å². The number of hydrogen-bond donors (Lipinski definition) is 3. The number of ether oxygens (including phenoxy) is 1. The third-order valence-electron chi connectivity index (χ3n) is 2.22. The second-order valence-electron chi connectivity index (χ2n) is 4.05. The molecule has 0 aromatic carbocycles. The molecule has 15 heavy (non-hydrogen) atoms. The van der Waals surface area contributed by atoms with Crippen LogP contribution in [0.1, 0.15) is 26.7 Å². The first-order valence-electron chi connectivity index (χ1n) is 5.03. The molecule has 5 heteroatoms. The molecule has 0 spiro atoms. The van der Waals surface area contributed by atoms with Gasteiger partial charge in [-0.15, -0.1) is 0 Å². The Kier molecular flexibility index (Phi) is 6.47. The fourth-order valence-corrected chi connectivity index (χ4v) is 0.792. The van der Waals surface area contributed by atoms with E-state index in [1.54, 1.807) is 13.8 Å². The molecule has 0 aliphatic rings. The molecular weight excluding hydrogens is 200 g/mol. The van der Waals surface area contributed by atoms with Crippen molar-refractivity contribution in [3.05, 3.63) is 0 Å². The lowest BCUT2D eigenvalue weighted by Gasteiger charge is -2.23. The van der Waals surface area contributed by atoms with Crippen molar-refractivity contribution in [3.8, 4) is 0 Å². The molecule has 0 aromatic rings. The summed E-state index contributed by atoms with van der Waals surface area (Å²) in [4.78, 5) is 11.1. The third-order valence-corrected chi connectivity index (χ3v) is 2.22. The molecule has 1 atom stereocenters. The van der Waals surface area contributed by atoms with Gasteiger partial charge in [-0.05, 0) is 6.42 Å². The van der Waals surface area contributed by atoms with Crippen molar-refractivity contribution in [2.24, 2.45) is 5.41 Å². The Morgan fingerprint density at radius 2 is 1.93 bits per heavy atom. The Morgan fingerprint density at radius 1 is 1.40 bits per heavy atom. The van der Waals surface area contributed by atoms with Crippen LogP contribution in [0.3, 0.4) is 0 Å². The molecule has 0 saturated heterocycles. The summed E-state index contributed by atoms with van der Waals surface area (Å²) in [5, 5.41) is 27.0. The molecular formula is C10H20O5. The van der Waals surface area contributed by atoms with Crippen molar-refractivity contribution in [2.45, 2.75) is 32.8 Å². The van der Waals surface area contributed by atoms with Gasteiger partial charge < -0.3 is 20.1 Å². The maximum absolute atomic E-state index is 11.1. The van der Waals surface area contributed by atoms with Crippen LogP contribution in [0, 0.1) is 5.41 Å². The minimum absolute atomic E-state index is 0.0464. The van der Waals surface area contributed by atoms with Crippen LogP contribution in [-0.4, -0.2) is 47.2 Å². The minimum Gasteiger partial charge on any atom is -0.465 e. The van der Waals surface area contributed by atoms with Crippen molar-refractivity contribution in [3.63, 3.8) is 0 Å². The summed E-state index contributed by atoms with van der Waals surface area (Å²) in [7, 11) is 0. The molecule has 0 radical (unpaired) electrons. The molecule has 5 nitrogen and oxygen atoms in total. The van der Waals surface area contributed by atoms with Crippen molar-refractivity contribution in [1.82, 2.24) is 0 Å². The zero-order chi connectivity index (χ0) is 11.9. The molecule has 0 fully saturated rings. The first-order chi connectivity index (χ1) is 6.97. The van der Waals surface area contributed by atoms with Gasteiger partial charge in [-0.3, -0.25) is 4.79 Å². The number of rotatable bonds is 7. The molecule has 1 unspecified atom stereocenters. The SMILES string of the molecule is CCC(O)CC(=O)OCC(C)(CO)CO. The topological polar surface area (TPSA) is 87.0 Å². The second kappa shape index (κ2) is 6.76. The number of carbonyl (C=O) groups is 1. The van der Waals surface area contributed by atoms with Crippen LogP contribution in [0.5, 0.6) is 0 Å². The highest BCUT2D eigenvalue weighted by Gasteiger charge is 2.25. The molecule has 0 heterocycles. The van der Waals surface area contributed by atoms with Crippen molar-refractivity contribution in [2.75, 3.05) is 19.8 Å². The van der Waals surface area contributed by atoms with Gasteiger partial charge in [0.05, 0.1) is 25.7 Å². The Labute approximate surface area is 89.7 Å². The van der Waals surface area contributed by atoms with E-state index in [4.69, 9.17) is 14.9 Å². The monoisotopic (exact) mass is 220 g/mol. The van der Waals surface area contributed by atoms with E-state index in [1.165, 1.54) is 0 Å². The quantitative estimate of drug-likeness (QED) is 0.512. The molecule has 0 rings (SSSR count). The van der Waals surface area contributed by atoms with Crippen LogP contribution in [0.25, 0.3) is 0 Å². The van der Waals surface area contributed by atoms with Crippen molar-refractivity contribution >= 4 is 5.97 Å². The Morgan fingerprint density at radius 3 is 2.33 bits per heavy atom. The fraction of sp³-hybridized carbons (Fsp3) is 0.900. The zero-order valence-electron chi connectivity index (χ0n) is 9.27. The highest BCUT2D eigenvalue weighted by Crippen LogP contribution is 2.15. The lowest BCUT2D eigenvalue weighted by Crippen LogP contribution is -2.33. The molecule has 0 saturated carbocycles. The smallest absolute Gasteiger partial charge is 0.308 e. The highest BCUT2D eigenvalue weighted by atomic mass is 16.5. The van der Waals surface area contributed by atoms with Gasteiger partial charge in [0, 0.05) is 5.41 Å². The van der Waals surface area contributed by atoms with Crippen LogP contribution in [-0.2, 0) is 9.53 Å². The summed E-state index contributed by atoms with van der Waals surface area (Å²) in [6.07, 6.45) is -0.248. The summed E-state index contributed by atoms with van der Waals surface area (Å²) in [6, 6.07) is 0. The van der Waals surface area contributed by atoms with Gasteiger partial charge in [0.2, 0.25) is 0 Å². The maximum Gasteiger partial charge on any atom is 0.308 e. The standard InChI is InChI=1S/C10H20O5/c1-3-8(13)4-9(14)15-7-10(2,5-11)6-12/h8,11-13H,3-7H2,1-2H3. The van der Waals surface area contributed by atoms with E-state index in [0.29, 0.717) is 6.42 Å². The number of aliphatic hydroxyl groups is 3. The predicted molar refractivity (Wildman–Crippen MR) is 54.2 cm³/mol. The van der Waals surface area contributed by atoms with Crippen LogP contribution >= 0.6 is 0 Å². The molecule has 0 aliphatic heterocycles. The number of esters is 1. The van der Waals surface area contributed by atoms with Gasteiger partial charge in [0.15, 0.2) is 0 Å². The summed E-state index contributed by atoms with van der Waals surface area (Å²) >= 11 is 0. The number of aliphatic hydroxyl groups excluding tert-OH is 3. The number of hydrogen-bond acceptors (Lipinski definition) is 5. The molecule has 0 bridgehead atoms. The van der Waals surface area contributed by atoms with E-state index in [2.05, 4.69) is 0 Å². The first-order valence-corrected chi connectivity index (χ1v) is 5.03. The minimum atomic E-state index is -0.813. The fourth-order valence-electron chi connectivity index (χ4n) is 0.792. The van der Waals surface area contributed by atoms with Crippen LogP contribution < -0.4 is 0 Å². The van der Waals surface area contributed by atoms with Gasteiger partial charge in [0.1, 0.15) is 6.61 Å². The van der Waals surface area contributed by atoms with Gasteiger partial charge in [-0.1, -0.05) is 13.8 Å². The van der Waals surface area contributed by atoms with E-state index in [1.807, 2.05) is 0 Å². The van der Waals surface area contributed by atoms with Gasteiger partial charge >= 0.3 is 5.97 Å². The molecule has 0 aromatic heterocycles. The Balaban J connectivity index is 3.89. The van der Waals surface area contributed by atoms with E-state index < -0.39 is 17.5 Å². The van der Waals surface area contributed by atoms with E-state index in [-0.39, 0.29) is 26.2 Å². The number of carbonyl (C=O) groups excluding carboxylic acids is 1. The summed E-state index contributed by atoms with van der Waals surface area (Å²) < 4.78 is 4.84. The normalized spacial score (nSPS) is 13.7. The van der Waals surface area contributed by atoms with Crippen LogP contribution in [0.2, 0.25) is 0 Å². The van der Waals surface area contributed by atoms with Crippen molar-refractivity contribution < 1.29 is 24.9 Å². The van der Waals surface area contributed by atoms with E-state index in [9.17, 15) is 9.90 Å². The summed E-state index contributed by atoms with van der Waals surface area (Å²) in [5.74, 6) is -0.516. The van der Waals surface area contributed by atoms with Gasteiger partial charge in [0.25, 0.3) is 0 Å². The van der Waals surface area contributed by atoms with Crippen LogP contribution in [0.15, 0.2) is 0 Å². The maximum atomic E-state index is 11.1. The summed E-state index contributed by atoms with van der Waals surface area (Å²) in [5.41, 5.74) is -0.813. The Hall–Kier alpha value is -0.650. The Bertz CT molecular complexity index is 188. The lowest BCUT2D eigenvalue weighted by atomic mass is 9.94. The first kappa shape index (κ1) is 14.3. The van der Waals surface area contributed by atoms with E-state index in [0.717, 1.165) is 0 Å². The lowest BCUT2D eigenvalue weighted by molar-refractivity contribution is -0.151. The summed E-state index contributed by atoms with van der Waals surface area (Å²) in [6.45, 7) is 2.82. The van der Waals surface area contributed by atoms with Crippen molar-refractivity contribution in [1.29, 1.82) is 0 Å². The predicted octanol–water partition coefficient (Wildman–Crippen LogP) is -0.318. The highest BCUT2D eigenvalue weighted by molar-refractivity contribution is 5.69. The molecule has 3 N–H and O–H groups in total. The largest absolute Gasteiger partial charge is 0.465 e. The average molecular weight is 220 g/mol.